The zero-order valence-corrected chi connectivity index (χ0v) is 6.55. The van der Waals surface area contributed by atoms with Crippen LogP contribution in [-0.4, -0.2) is 11.1 Å². The van der Waals surface area contributed by atoms with Crippen molar-refractivity contribution in [1.29, 1.82) is 0 Å². The highest BCUT2D eigenvalue weighted by Crippen LogP contribution is 2.04. The van der Waals surface area contributed by atoms with Gasteiger partial charge < -0.3 is 5.11 Å². The Morgan fingerprint density at radius 2 is 2.11 bits per heavy atom. The summed E-state index contributed by atoms with van der Waals surface area (Å²) in [5.74, 6) is -0.936. The van der Waals surface area contributed by atoms with Gasteiger partial charge in [-0.05, 0) is 13.0 Å². The van der Waals surface area contributed by atoms with Gasteiger partial charge in [0.15, 0.2) is 0 Å². The van der Waals surface area contributed by atoms with Crippen molar-refractivity contribution in [3.63, 3.8) is 0 Å². The fourth-order valence-electron chi connectivity index (χ4n) is 0.247. The van der Waals surface area contributed by atoms with E-state index in [0.717, 1.165) is 10.6 Å². The monoisotopic (exact) mass is 190 g/mol. The van der Waals surface area contributed by atoms with Crippen molar-refractivity contribution in [2.75, 3.05) is 0 Å². The van der Waals surface area contributed by atoms with Crippen LogP contribution in [0.5, 0.6) is 0 Å². The minimum Gasteiger partial charge on any atom is -0.478 e. The van der Waals surface area contributed by atoms with Gasteiger partial charge >= 0.3 is 5.97 Å². The van der Waals surface area contributed by atoms with Crippen LogP contribution in [0.4, 0.5) is 0 Å². The minimum atomic E-state index is -0.936. The Balaban J connectivity index is 3.86. The Morgan fingerprint density at radius 1 is 1.56 bits per heavy atom. The molecule has 0 saturated heterocycles. The van der Waals surface area contributed by atoms with Gasteiger partial charge in [0.25, 0.3) is 0 Å². The van der Waals surface area contributed by atoms with Crippen LogP contribution < -0.4 is 0 Å². The molecule has 3 heteroatoms. The first-order valence-corrected chi connectivity index (χ1v) is 3.19. The Bertz CT molecular complexity index is 158. The highest BCUT2D eigenvalue weighted by Gasteiger charge is 1.84. The first-order chi connectivity index (χ1) is 4.16. The molecule has 0 bridgehead atoms. The average molecular weight is 191 g/mol. The molecule has 1 N–H and O–H groups in total. The van der Waals surface area contributed by atoms with E-state index < -0.39 is 5.97 Å². The normalized spacial score (nSPS) is 12.4. The fourth-order valence-corrected chi connectivity index (χ4v) is 0.379. The summed E-state index contributed by atoms with van der Waals surface area (Å²) in [6, 6.07) is 0. The van der Waals surface area contributed by atoms with Gasteiger partial charge in [-0.3, -0.25) is 0 Å². The summed E-state index contributed by atoms with van der Waals surface area (Å²) in [6.07, 6.45) is 4.31. The Labute approximate surface area is 62.0 Å². The molecule has 0 rings (SSSR count). The van der Waals surface area contributed by atoms with E-state index >= 15 is 0 Å². The third kappa shape index (κ3) is 5.30. The maximum atomic E-state index is 9.88. The molecule has 0 heterocycles. The lowest BCUT2D eigenvalue weighted by atomic mass is 10.4. The average Bonchev–Trinajstić information content (AvgIpc) is 1.83. The predicted molar refractivity (Wildman–Crippen MR) is 39.5 cm³/mol. The first kappa shape index (κ1) is 8.43. The van der Waals surface area contributed by atoms with Crippen LogP contribution in [0.25, 0.3) is 0 Å². The summed E-state index contributed by atoms with van der Waals surface area (Å²) in [4.78, 5) is 9.88. The Hall–Kier alpha value is -0.570. The van der Waals surface area contributed by atoms with E-state index in [-0.39, 0.29) is 0 Å². The van der Waals surface area contributed by atoms with E-state index in [4.69, 9.17) is 5.11 Å². The molecule has 0 aliphatic heterocycles. The number of carboxylic acids is 1. The van der Waals surface area contributed by atoms with Crippen LogP contribution in [0.1, 0.15) is 6.92 Å². The second kappa shape index (κ2) is 4.32. The maximum Gasteiger partial charge on any atom is 0.328 e. The molecule has 0 aliphatic carbocycles. The summed E-state index contributed by atoms with van der Waals surface area (Å²) < 4.78 is 0.768. The molecule has 0 amide bonds. The lowest BCUT2D eigenvalue weighted by Crippen LogP contribution is -1.84. The standard InChI is InChI=1S/C6H7BrO2/c1-2-5(7)3-4-6(8)9/h2-4H,1H3,(H,8,9)/b4-3+,5-2+. The van der Waals surface area contributed by atoms with Crippen molar-refractivity contribution >= 4 is 21.9 Å². The van der Waals surface area contributed by atoms with Gasteiger partial charge in [-0.1, -0.05) is 22.0 Å². The maximum absolute atomic E-state index is 9.88. The van der Waals surface area contributed by atoms with Gasteiger partial charge in [-0.25, -0.2) is 4.79 Å². The highest BCUT2D eigenvalue weighted by molar-refractivity contribution is 9.11. The van der Waals surface area contributed by atoms with E-state index in [1.165, 1.54) is 6.08 Å². The molecule has 9 heavy (non-hydrogen) atoms. The van der Waals surface area contributed by atoms with Gasteiger partial charge in [0.05, 0.1) is 0 Å². The van der Waals surface area contributed by atoms with Crippen molar-refractivity contribution < 1.29 is 9.90 Å². The molecule has 0 atom stereocenters. The van der Waals surface area contributed by atoms with Crippen LogP contribution in [-0.2, 0) is 4.79 Å². The predicted octanol–water partition coefficient (Wildman–Crippen LogP) is 1.93. The number of rotatable bonds is 2. The van der Waals surface area contributed by atoms with Crippen LogP contribution in [0.3, 0.4) is 0 Å². The van der Waals surface area contributed by atoms with Gasteiger partial charge in [-0.15, -0.1) is 0 Å². The van der Waals surface area contributed by atoms with Crippen LogP contribution in [0.2, 0.25) is 0 Å². The zero-order chi connectivity index (χ0) is 7.28. The van der Waals surface area contributed by atoms with Crippen molar-refractivity contribution in [3.05, 3.63) is 22.7 Å². The molecule has 50 valence electrons. The van der Waals surface area contributed by atoms with Crippen LogP contribution >= 0.6 is 15.9 Å². The SMILES string of the molecule is C/C=C(Br)\C=C\C(=O)O. The number of allylic oxidation sites excluding steroid dienone is 3. The minimum absolute atomic E-state index is 0.768. The lowest BCUT2D eigenvalue weighted by molar-refractivity contribution is -0.131. The second-order valence-electron chi connectivity index (χ2n) is 1.35. The second-order valence-corrected chi connectivity index (χ2v) is 2.26. The van der Waals surface area contributed by atoms with E-state index in [2.05, 4.69) is 15.9 Å². The molecule has 0 saturated carbocycles. The highest BCUT2D eigenvalue weighted by atomic mass is 79.9. The quantitative estimate of drug-likeness (QED) is 0.534. The van der Waals surface area contributed by atoms with E-state index in [1.54, 1.807) is 6.08 Å². The summed E-state index contributed by atoms with van der Waals surface area (Å²) >= 11 is 3.12. The number of halogens is 1. The van der Waals surface area contributed by atoms with Crippen molar-refractivity contribution in [2.45, 2.75) is 6.92 Å². The van der Waals surface area contributed by atoms with E-state index in [1.807, 2.05) is 6.92 Å². The zero-order valence-electron chi connectivity index (χ0n) is 4.97. The molecule has 0 spiro atoms. The fraction of sp³-hybridized carbons (Fsp3) is 0.167. The largest absolute Gasteiger partial charge is 0.478 e. The summed E-state index contributed by atoms with van der Waals surface area (Å²) in [5, 5.41) is 8.12. The van der Waals surface area contributed by atoms with Crippen LogP contribution in [0, 0.1) is 0 Å². The third-order valence-electron chi connectivity index (χ3n) is 0.661. The number of carboxylic acid groups (broad SMARTS) is 1. The van der Waals surface area contributed by atoms with E-state index in [9.17, 15) is 4.79 Å². The topological polar surface area (TPSA) is 37.3 Å². The third-order valence-corrected chi connectivity index (χ3v) is 1.38. The van der Waals surface area contributed by atoms with Crippen molar-refractivity contribution in [3.8, 4) is 0 Å². The molecule has 0 aliphatic rings. The molecule has 0 unspecified atom stereocenters. The van der Waals surface area contributed by atoms with Crippen molar-refractivity contribution in [2.24, 2.45) is 0 Å². The summed E-state index contributed by atoms with van der Waals surface area (Å²) in [6.45, 7) is 1.82. The Kier molecular flexibility index (Phi) is 4.05. The molecule has 2 nitrogen and oxygen atoms in total. The molecular formula is C6H7BrO2. The molecule has 0 aromatic carbocycles. The molecular weight excluding hydrogens is 184 g/mol. The van der Waals surface area contributed by atoms with E-state index in [0.29, 0.717) is 0 Å². The molecule has 0 aromatic rings. The molecule has 0 aromatic heterocycles. The van der Waals surface area contributed by atoms with Gasteiger partial charge in [0.1, 0.15) is 0 Å². The number of carbonyl (C=O) groups is 1. The first-order valence-electron chi connectivity index (χ1n) is 2.39. The summed E-state index contributed by atoms with van der Waals surface area (Å²) in [5.41, 5.74) is 0. The summed E-state index contributed by atoms with van der Waals surface area (Å²) in [7, 11) is 0. The lowest BCUT2D eigenvalue weighted by Gasteiger charge is -1.81. The van der Waals surface area contributed by atoms with Crippen LogP contribution in [0.15, 0.2) is 22.7 Å². The molecule has 0 radical (unpaired) electrons. The van der Waals surface area contributed by atoms with Gasteiger partial charge in [0, 0.05) is 10.6 Å². The molecule has 0 fully saturated rings. The smallest absolute Gasteiger partial charge is 0.328 e. The van der Waals surface area contributed by atoms with Gasteiger partial charge in [0.2, 0.25) is 0 Å². The van der Waals surface area contributed by atoms with Crippen molar-refractivity contribution in [1.82, 2.24) is 0 Å². The number of aliphatic carboxylic acids is 1. The van der Waals surface area contributed by atoms with Gasteiger partial charge in [-0.2, -0.15) is 0 Å². The number of hydrogen-bond acceptors (Lipinski definition) is 1. The Morgan fingerprint density at radius 3 is 2.44 bits per heavy atom. The number of hydrogen-bond donors (Lipinski definition) is 1.